The van der Waals surface area contributed by atoms with Gasteiger partial charge in [-0.25, -0.2) is 9.37 Å². The zero-order chi connectivity index (χ0) is 14.9. The molecule has 0 atom stereocenters. The van der Waals surface area contributed by atoms with E-state index in [1.807, 2.05) is 0 Å². The van der Waals surface area contributed by atoms with E-state index in [0.29, 0.717) is 0 Å². The second-order valence-electron chi connectivity index (χ2n) is 3.86. The summed E-state index contributed by atoms with van der Waals surface area (Å²) in [5.74, 6) is -1.27. The van der Waals surface area contributed by atoms with Crippen LogP contribution >= 0.6 is 0 Å². The quantitative estimate of drug-likeness (QED) is 0.833. The van der Waals surface area contributed by atoms with E-state index in [1.165, 1.54) is 12.1 Å². The molecule has 2 rings (SSSR count). The fourth-order valence-corrected chi connectivity index (χ4v) is 1.63. The van der Waals surface area contributed by atoms with Crippen molar-refractivity contribution in [2.45, 2.75) is 6.36 Å². The largest absolute Gasteiger partial charge is 0.573 e. The van der Waals surface area contributed by atoms with Crippen LogP contribution in [0, 0.1) is 5.82 Å². The van der Waals surface area contributed by atoms with Crippen LogP contribution in [0.3, 0.4) is 0 Å². The molecular weight excluding hydrogens is 278 g/mol. The van der Waals surface area contributed by atoms with E-state index in [1.54, 1.807) is 0 Å². The first-order valence-corrected chi connectivity index (χ1v) is 5.34. The molecule has 0 amide bonds. The average molecular weight is 287 g/mol. The molecule has 0 unspecified atom stereocenters. The lowest BCUT2D eigenvalue weighted by molar-refractivity contribution is -0.274. The number of ether oxygens (including phenoxy) is 1. The van der Waals surface area contributed by atoms with E-state index in [2.05, 4.69) is 9.72 Å². The minimum Gasteiger partial charge on any atom is -0.406 e. The Morgan fingerprint density at radius 3 is 2.30 bits per heavy atom. The maximum absolute atomic E-state index is 13.7. The molecule has 0 radical (unpaired) electrons. The molecule has 4 nitrogen and oxygen atoms in total. The van der Waals surface area contributed by atoms with Crippen LogP contribution in [0.1, 0.15) is 0 Å². The fraction of sp³-hybridized carbons (Fsp3) is 0.0833. The van der Waals surface area contributed by atoms with Gasteiger partial charge >= 0.3 is 6.36 Å². The Labute approximate surface area is 111 Å². The van der Waals surface area contributed by atoms with E-state index in [9.17, 15) is 17.6 Å². The van der Waals surface area contributed by atoms with Crippen LogP contribution in [0.15, 0.2) is 30.3 Å². The molecule has 4 N–H and O–H groups in total. The lowest BCUT2D eigenvalue weighted by Gasteiger charge is -2.12. The maximum atomic E-state index is 13.7. The summed E-state index contributed by atoms with van der Waals surface area (Å²) in [6.45, 7) is 0. The zero-order valence-electron chi connectivity index (χ0n) is 9.91. The molecule has 0 saturated carbocycles. The average Bonchev–Trinajstić information content (AvgIpc) is 2.30. The van der Waals surface area contributed by atoms with Crippen LogP contribution in [0.25, 0.3) is 11.1 Å². The summed E-state index contributed by atoms with van der Waals surface area (Å²) in [7, 11) is 0. The van der Waals surface area contributed by atoms with Gasteiger partial charge in [-0.15, -0.1) is 13.2 Å². The van der Waals surface area contributed by atoms with Gasteiger partial charge in [0.05, 0.1) is 0 Å². The van der Waals surface area contributed by atoms with Crippen LogP contribution in [-0.4, -0.2) is 11.3 Å². The Kier molecular flexibility index (Phi) is 3.39. The number of nitrogens with zero attached hydrogens (tertiary/aromatic N) is 1. The van der Waals surface area contributed by atoms with Crippen molar-refractivity contribution in [3.63, 3.8) is 0 Å². The summed E-state index contributed by atoms with van der Waals surface area (Å²) >= 11 is 0. The minimum atomic E-state index is -4.86. The maximum Gasteiger partial charge on any atom is 0.573 e. The van der Waals surface area contributed by atoms with Crippen molar-refractivity contribution >= 4 is 11.6 Å². The predicted molar refractivity (Wildman–Crippen MR) is 65.1 cm³/mol. The molecule has 0 saturated heterocycles. The summed E-state index contributed by atoms with van der Waals surface area (Å²) in [6.07, 6.45) is -4.86. The van der Waals surface area contributed by atoms with Gasteiger partial charge in [-0.1, -0.05) is 0 Å². The number of hydrogen-bond donors (Lipinski definition) is 2. The Hall–Kier alpha value is -2.51. The normalized spacial score (nSPS) is 11.4. The number of halogens is 4. The highest BCUT2D eigenvalue weighted by atomic mass is 19.4. The molecule has 1 aromatic heterocycles. The van der Waals surface area contributed by atoms with Crippen molar-refractivity contribution in [1.29, 1.82) is 0 Å². The number of hydrogen-bond acceptors (Lipinski definition) is 4. The number of nitrogen functional groups attached to an aromatic ring is 2. The van der Waals surface area contributed by atoms with Gasteiger partial charge in [0.1, 0.15) is 23.2 Å². The first-order chi connectivity index (χ1) is 9.26. The molecule has 8 heteroatoms. The van der Waals surface area contributed by atoms with Crippen molar-refractivity contribution in [1.82, 2.24) is 4.98 Å². The third-order valence-corrected chi connectivity index (χ3v) is 2.41. The Morgan fingerprint density at radius 2 is 1.70 bits per heavy atom. The number of rotatable bonds is 2. The smallest absolute Gasteiger partial charge is 0.406 e. The molecule has 0 bridgehead atoms. The highest BCUT2D eigenvalue weighted by Crippen LogP contribution is 2.32. The van der Waals surface area contributed by atoms with Gasteiger partial charge in [0.2, 0.25) is 0 Å². The third-order valence-electron chi connectivity index (χ3n) is 2.41. The van der Waals surface area contributed by atoms with Gasteiger partial charge in [0.15, 0.2) is 0 Å². The van der Waals surface area contributed by atoms with Gasteiger partial charge in [-0.05, 0) is 30.3 Å². The number of benzene rings is 1. The molecule has 20 heavy (non-hydrogen) atoms. The SMILES string of the molecule is Nc1ccc(-c2cc(OC(F)(F)F)ccc2F)c(N)n1. The topological polar surface area (TPSA) is 74.2 Å². The number of alkyl halides is 3. The van der Waals surface area contributed by atoms with Crippen LogP contribution in [0.4, 0.5) is 29.2 Å². The van der Waals surface area contributed by atoms with Gasteiger partial charge < -0.3 is 16.2 Å². The Morgan fingerprint density at radius 1 is 1.00 bits per heavy atom. The van der Waals surface area contributed by atoms with Crippen LogP contribution in [0.2, 0.25) is 0 Å². The van der Waals surface area contributed by atoms with E-state index in [-0.39, 0.29) is 22.8 Å². The number of pyridine rings is 1. The van der Waals surface area contributed by atoms with Gasteiger partial charge in [0.25, 0.3) is 0 Å². The molecule has 1 heterocycles. The van der Waals surface area contributed by atoms with Gasteiger partial charge in [-0.2, -0.15) is 0 Å². The first kappa shape index (κ1) is 13.9. The molecular formula is C12H9F4N3O. The summed E-state index contributed by atoms with van der Waals surface area (Å²) < 4.78 is 53.9. The highest BCUT2D eigenvalue weighted by molar-refractivity contribution is 5.76. The monoisotopic (exact) mass is 287 g/mol. The van der Waals surface area contributed by atoms with Crippen molar-refractivity contribution in [3.05, 3.63) is 36.1 Å². The highest BCUT2D eigenvalue weighted by Gasteiger charge is 2.31. The number of anilines is 2. The van der Waals surface area contributed by atoms with Gasteiger partial charge in [0, 0.05) is 11.1 Å². The predicted octanol–water partition coefficient (Wildman–Crippen LogP) is 2.95. The van der Waals surface area contributed by atoms with Gasteiger partial charge in [-0.3, -0.25) is 0 Å². The zero-order valence-corrected chi connectivity index (χ0v) is 9.91. The molecule has 0 aliphatic rings. The Bertz CT molecular complexity index is 643. The van der Waals surface area contributed by atoms with Crippen molar-refractivity contribution in [3.8, 4) is 16.9 Å². The molecule has 0 aliphatic carbocycles. The summed E-state index contributed by atoms with van der Waals surface area (Å²) in [6, 6.07) is 5.35. The molecule has 0 fully saturated rings. The van der Waals surface area contributed by atoms with E-state index >= 15 is 0 Å². The lowest BCUT2D eigenvalue weighted by Crippen LogP contribution is -2.17. The fourth-order valence-electron chi connectivity index (χ4n) is 1.63. The van der Waals surface area contributed by atoms with Crippen LogP contribution in [-0.2, 0) is 0 Å². The summed E-state index contributed by atoms with van der Waals surface area (Å²) in [5, 5.41) is 0. The van der Waals surface area contributed by atoms with Crippen molar-refractivity contribution < 1.29 is 22.3 Å². The van der Waals surface area contributed by atoms with E-state index in [4.69, 9.17) is 11.5 Å². The standard InChI is InChI=1S/C12H9F4N3O/c13-9-3-1-6(20-12(14,15)16)5-8(9)7-2-4-10(17)19-11(7)18/h1-5H,(H4,17,18,19). The van der Waals surface area contributed by atoms with Crippen molar-refractivity contribution in [2.75, 3.05) is 11.5 Å². The second-order valence-corrected chi connectivity index (χ2v) is 3.86. The second kappa shape index (κ2) is 4.87. The Balaban J connectivity index is 2.48. The molecule has 1 aromatic carbocycles. The molecule has 0 spiro atoms. The molecule has 106 valence electrons. The minimum absolute atomic E-state index is 0.0898. The third kappa shape index (κ3) is 3.08. The lowest BCUT2D eigenvalue weighted by atomic mass is 10.1. The molecule has 2 aromatic rings. The van der Waals surface area contributed by atoms with E-state index in [0.717, 1.165) is 18.2 Å². The molecule has 0 aliphatic heterocycles. The number of aromatic nitrogens is 1. The number of nitrogens with two attached hydrogens (primary N) is 2. The van der Waals surface area contributed by atoms with Crippen molar-refractivity contribution in [2.24, 2.45) is 0 Å². The van der Waals surface area contributed by atoms with E-state index < -0.39 is 17.9 Å². The van der Waals surface area contributed by atoms with Crippen LogP contribution in [0.5, 0.6) is 5.75 Å². The van der Waals surface area contributed by atoms with Crippen LogP contribution < -0.4 is 16.2 Å². The summed E-state index contributed by atoms with van der Waals surface area (Å²) in [5.41, 5.74) is 11.0. The first-order valence-electron chi connectivity index (χ1n) is 5.34. The summed E-state index contributed by atoms with van der Waals surface area (Å²) in [4.78, 5) is 3.72.